The molecule has 5 aromatic rings. The van der Waals surface area contributed by atoms with E-state index in [1.807, 2.05) is 37.3 Å². The summed E-state index contributed by atoms with van der Waals surface area (Å²) in [4.78, 5) is 17.2. The highest BCUT2D eigenvalue weighted by atomic mass is 35.5. The molecule has 7 nitrogen and oxygen atoms in total. The second-order valence-electron chi connectivity index (χ2n) is 6.53. The number of hydrogen-bond acceptors (Lipinski definition) is 5. The Hall–Kier alpha value is -3.58. The minimum Gasteiger partial charge on any atom is -0.266 e. The predicted octanol–water partition coefficient (Wildman–Crippen LogP) is 3.71. The van der Waals surface area contributed by atoms with Crippen LogP contribution in [0.15, 0.2) is 65.7 Å². The Labute approximate surface area is 170 Å². The fourth-order valence-corrected chi connectivity index (χ4v) is 3.65. The first-order chi connectivity index (χ1) is 14.2. The summed E-state index contributed by atoms with van der Waals surface area (Å²) in [6.45, 7) is 2.03. The van der Waals surface area contributed by atoms with Gasteiger partial charge in [0.15, 0.2) is 11.2 Å². The normalized spacial score (nSPS) is 11.4. The number of nitrogens with zero attached hydrogens (tertiary/aromatic N) is 6. The van der Waals surface area contributed by atoms with Crippen LogP contribution in [-0.4, -0.2) is 29.4 Å². The maximum Gasteiger partial charge on any atom is 0.286 e. The molecule has 0 aliphatic heterocycles. The lowest BCUT2D eigenvalue weighted by molar-refractivity contribution is 0.881. The van der Waals surface area contributed by atoms with Crippen molar-refractivity contribution in [3.63, 3.8) is 0 Å². The highest BCUT2D eigenvalue weighted by Gasteiger charge is 2.19. The number of hydrogen-bond donors (Lipinski definition) is 0. The van der Waals surface area contributed by atoms with E-state index in [2.05, 4.69) is 15.2 Å². The van der Waals surface area contributed by atoms with Crippen molar-refractivity contribution < 1.29 is 0 Å². The molecule has 4 aromatic heterocycles. The first kappa shape index (κ1) is 17.5. The Bertz CT molecular complexity index is 1420. The largest absolute Gasteiger partial charge is 0.286 e. The molecule has 0 aliphatic rings. The third-order valence-electron chi connectivity index (χ3n) is 4.80. The van der Waals surface area contributed by atoms with Crippen LogP contribution < -0.4 is 5.56 Å². The third-order valence-corrected chi connectivity index (χ3v) is 5.03. The summed E-state index contributed by atoms with van der Waals surface area (Å²) in [5.74, 6) is 0.524. The number of benzene rings is 1. The first-order valence-electron chi connectivity index (χ1n) is 9.14. The molecule has 0 spiro atoms. The van der Waals surface area contributed by atoms with Crippen molar-refractivity contribution in [2.24, 2.45) is 0 Å². The lowest BCUT2D eigenvalue weighted by Crippen LogP contribution is -2.20. The Kier molecular flexibility index (Phi) is 4.10. The smallest absolute Gasteiger partial charge is 0.266 e. The van der Waals surface area contributed by atoms with Gasteiger partial charge < -0.3 is 0 Å². The van der Waals surface area contributed by atoms with E-state index in [-0.39, 0.29) is 11.1 Å². The lowest BCUT2D eigenvalue weighted by atomic mass is 10.0. The van der Waals surface area contributed by atoms with Crippen molar-refractivity contribution in [2.45, 2.75) is 13.3 Å². The molecule has 0 N–H and O–H groups in total. The van der Waals surface area contributed by atoms with Crippen LogP contribution in [0.3, 0.4) is 0 Å². The van der Waals surface area contributed by atoms with Gasteiger partial charge in [-0.1, -0.05) is 36.7 Å². The van der Waals surface area contributed by atoms with Gasteiger partial charge in [-0.15, -0.1) is 10.2 Å². The molecule has 0 fully saturated rings. The molecular formula is C21H15ClN6O. The first-order valence-corrected chi connectivity index (χ1v) is 9.52. The van der Waals surface area contributed by atoms with Crippen LogP contribution in [0.25, 0.3) is 33.6 Å². The molecule has 5 rings (SSSR count). The molecule has 142 valence electrons. The highest BCUT2D eigenvalue weighted by Crippen LogP contribution is 2.30. The predicted molar refractivity (Wildman–Crippen MR) is 112 cm³/mol. The van der Waals surface area contributed by atoms with Crippen LogP contribution in [0.5, 0.6) is 0 Å². The summed E-state index contributed by atoms with van der Waals surface area (Å²) in [7, 11) is 0. The summed E-state index contributed by atoms with van der Waals surface area (Å²) in [6.07, 6.45) is 4.03. The van der Waals surface area contributed by atoms with Crippen molar-refractivity contribution in [3.8, 4) is 16.9 Å². The maximum absolute atomic E-state index is 13.0. The summed E-state index contributed by atoms with van der Waals surface area (Å²) in [5, 5.41) is 14.0. The zero-order valence-corrected chi connectivity index (χ0v) is 16.2. The monoisotopic (exact) mass is 402 g/mol. The summed E-state index contributed by atoms with van der Waals surface area (Å²) in [6, 6.07) is 14.7. The molecule has 8 heteroatoms. The molecule has 29 heavy (non-hydrogen) atoms. The van der Waals surface area contributed by atoms with E-state index in [0.717, 1.165) is 16.8 Å². The molecule has 0 saturated heterocycles. The van der Waals surface area contributed by atoms with Crippen molar-refractivity contribution >= 4 is 28.3 Å². The molecule has 0 unspecified atom stereocenters. The molecular weight excluding hydrogens is 388 g/mol. The minimum absolute atomic E-state index is 0.230. The van der Waals surface area contributed by atoms with E-state index in [1.54, 1.807) is 35.1 Å². The number of pyridine rings is 2. The minimum atomic E-state index is -0.298. The van der Waals surface area contributed by atoms with E-state index in [1.165, 1.54) is 4.57 Å². The van der Waals surface area contributed by atoms with Gasteiger partial charge in [-0.3, -0.25) is 9.36 Å². The van der Waals surface area contributed by atoms with Gasteiger partial charge >= 0.3 is 0 Å². The summed E-state index contributed by atoms with van der Waals surface area (Å²) < 4.78 is 3.13. The lowest BCUT2D eigenvalue weighted by Gasteiger charge is -2.06. The quantitative estimate of drug-likeness (QED) is 0.459. The summed E-state index contributed by atoms with van der Waals surface area (Å²) in [5.41, 5.74) is 3.77. The van der Waals surface area contributed by atoms with Crippen molar-refractivity contribution in [1.29, 1.82) is 0 Å². The number of aromatic nitrogens is 6. The number of fused-ring (bicyclic) bond motifs is 3. The zero-order chi connectivity index (χ0) is 20.0. The third kappa shape index (κ3) is 2.78. The number of rotatable bonds is 3. The Morgan fingerprint density at radius 3 is 2.72 bits per heavy atom. The SMILES string of the molecule is CCc1nn2c(nnc3c(=O)n(-c4ccccn4)ccc32)c1-c1cccc(Cl)c1. The second kappa shape index (κ2) is 6.79. The second-order valence-corrected chi connectivity index (χ2v) is 6.97. The van der Waals surface area contributed by atoms with Gasteiger partial charge in [0.2, 0.25) is 0 Å². The standard InChI is InChI=1S/C21H15ClN6O/c1-2-15-18(13-6-5-7-14(22)12-13)20-25-24-19-16(28(20)26-15)9-11-27(21(19)29)17-8-3-4-10-23-17/h3-12H,2H2,1H3. The van der Waals surface area contributed by atoms with Crippen LogP contribution in [0, 0.1) is 0 Å². The molecule has 4 heterocycles. The van der Waals surface area contributed by atoms with E-state index in [4.69, 9.17) is 16.7 Å². The Morgan fingerprint density at radius 2 is 1.97 bits per heavy atom. The van der Waals surface area contributed by atoms with Gasteiger partial charge in [-0.25, -0.2) is 9.50 Å². The maximum atomic E-state index is 13.0. The molecule has 0 aliphatic carbocycles. The average molecular weight is 403 g/mol. The van der Waals surface area contributed by atoms with Crippen molar-refractivity contribution in [1.82, 2.24) is 29.4 Å². The molecule has 0 amide bonds. The van der Waals surface area contributed by atoms with Gasteiger partial charge in [-0.05, 0) is 42.3 Å². The van der Waals surface area contributed by atoms with Crippen LogP contribution in [-0.2, 0) is 6.42 Å². The van der Waals surface area contributed by atoms with Crippen molar-refractivity contribution in [2.75, 3.05) is 0 Å². The Morgan fingerprint density at radius 1 is 1.07 bits per heavy atom. The van der Waals surface area contributed by atoms with Gasteiger partial charge in [-0.2, -0.15) is 5.10 Å². The van der Waals surface area contributed by atoms with Gasteiger partial charge in [0.1, 0.15) is 11.3 Å². The van der Waals surface area contributed by atoms with Gasteiger partial charge in [0.05, 0.1) is 11.3 Å². The fourth-order valence-electron chi connectivity index (χ4n) is 3.45. The van der Waals surface area contributed by atoms with Gasteiger partial charge in [0, 0.05) is 17.4 Å². The Balaban J connectivity index is 1.80. The summed E-state index contributed by atoms with van der Waals surface area (Å²) >= 11 is 6.19. The van der Waals surface area contributed by atoms with E-state index in [9.17, 15) is 4.79 Å². The number of halogens is 1. The molecule has 0 bridgehead atoms. The van der Waals surface area contributed by atoms with E-state index >= 15 is 0 Å². The molecule has 0 saturated carbocycles. The fraction of sp³-hybridized carbons (Fsp3) is 0.0952. The molecule has 0 atom stereocenters. The highest BCUT2D eigenvalue weighted by molar-refractivity contribution is 6.30. The zero-order valence-electron chi connectivity index (χ0n) is 15.5. The molecule has 1 aromatic carbocycles. The average Bonchev–Trinajstić information content (AvgIpc) is 3.14. The topological polar surface area (TPSA) is 78.0 Å². The van der Waals surface area contributed by atoms with Gasteiger partial charge in [0.25, 0.3) is 5.56 Å². The van der Waals surface area contributed by atoms with Crippen LogP contribution in [0.1, 0.15) is 12.6 Å². The van der Waals surface area contributed by atoms with Crippen molar-refractivity contribution in [3.05, 3.63) is 82.0 Å². The van der Waals surface area contributed by atoms with E-state index in [0.29, 0.717) is 28.4 Å². The van der Waals surface area contributed by atoms with Crippen LogP contribution in [0.4, 0.5) is 0 Å². The van der Waals surface area contributed by atoms with Crippen LogP contribution >= 0.6 is 11.6 Å². The van der Waals surface area contributed by atoms with E-state index < -0.39 is 0 Å². The van der Waals surface area contributed by atoms with Crippen LogP contribution in [0.2, 0.25) is 5.02 Å². The number of aryl methyl sites for hydroxylation is 1. The molecule has 0 radical (unpaired) electrons.